The molecule has 0 amide bonds. The molecule has 2 heteroatoms. The van der Waals surface area contributed by atoms with Crippen LogP contribution in [0, 0.1) is 11.8 Å². The highest BCUT2D eigenvalue weighted by molar-refractivity contribution is 4.75. The Labute approximate surface area is 70.0 Å². The van der Waals surface area contributed by atoms with Crippen molar-refractivity contribution in [3.8, 4) is 0 Å². The van der Waals surface area contributed by atoms with Crippen molar-refractivity contribution in [3.63, 3.8) is 0 Å². The minimum Gasteiger partial charge on any atom is -0.396 e. The molecule has 0 aliphatic rings. The zero-order valence-electron chi connectivity index (χ0n) is 8.09. The van der Waals surface area contributed by atoms with E-state index in [-0.39, 0.29) is 6.61 Å². The molecule has 0 aromatic carbocycles. The zero-order chi connectivity index (χ0) is 8.85. The van der Waals surface area contributed by atoms with Crippen LogP contribution in [-0.2, 0) is 0 Å². The molecule has 0 heterocycles. The molecule has 2 N–H and O–H groups in total. The summed E-state index contributed by atoms with van der Waals surface area (Å²) in [6.45, 7) is 6.74. The Bertz CT molecular complexity index is 89.6. The second kappa shape index (κ2) is 5.56. The molecule has 0 radical (unpaired) electrons. The number of hydrogen-bond donors (Lipinski definition) is 2. The maximum atomic E-state index is 9.09. The van der Waals surface area contributed by atoms with Crippen LogP contribution >= 0.6 is 0 Å². The number of nitrogens with one attached hydrogen (secondary N) is 1. The summed E-state index contributed by atoms with van der Waals surface area (Å²) in [5, 5.41) is 12.3. The summed E-state index contributed by atoms with van der Waals surface area (Å²) in [5.41, 5.74) is 0. The maximum absolute atomic E-state index is 9.09. The van der Waals surface area contributed by atoms with Crippen molar-refractivity contribution in [2.45, 2.75) is 33.2 Å². The van der Waals surface area contributed by atoms with Gasteiger partial charge in [0, 0.05) is 12.6 Å². The van der Waals surface area contributed by atoms with Crippen LogP contribution in [-0.4, -0.2) is 24.8 Å². The summed E-state index contributed by atoms with van der Waals surface area (Å²) in [6.07, 6.45) is 1.08. The molecule has 2 nitrogen and oxygen atoms in total. The van der Waals surface area contributed by atoms with Gasteiger partial charge < -0.3 is 10.4 Å². The third-order valence-corrected chi connectivity index (χ3v) is 2.39. The number of aliphatic hydroxyl groups is 1. The quantitative estimate of drug-likeness (QED) is 0.633. The van der Waals surface area contributed by atoms with Crippen LogP contribution in [0.25, 0.3) is 0 Å². The molecule has 0 saturated heterocycles. The molecule has 0 fully saturated rings. The molecule has 0 aliphatic carbocycles. The smallest absolute Gasteiger partial charge is 0.0476 e. The van der Waals surface area contributed by atoms with E-state index in [0.717, 1.165) is 6.42 Å². The van der Waals surface area contributed by atoms with Gasteiger partial charge in [-0.15, -0.1) is 0 Å². The monoisotopic (exact) mass is 159 g/mol. The molecule has 0 aromatic rings. The minimum absolute atomic E-state index is 0.289. The van der Waals surface area contributed by atoms with Gasteiger partial charge in [-0.3, -0.25) is 0 Å². The Hall–Kier alpha value is -0.0800. The van der Waals surface area contributed by atoms with Crippen LogP contribution in [0.4, 0.5) is 0 Å². The lowest BCUT2D eigenvalue weighted by Gasteiger charge is -2.27. The van der Waals surface area contributed by atoms with Gasteiger partial charge in [0.1, 0.15) is 0 Å². The number of rotatable bonds is 5. The van der Waals surface area contributed by atoms with Crippen molar-refractivity contribution < 1.29 is 5.11 Å². The number of hydrogen-bond acceptors (Lipinski definition) is 2. The molecule has 11 heavy (non-hydrogen) atoms. The average molecular weight is 159 g/mol. The molecule has 2 unspecified atom stereocenters. The molecule has 2 atom stereocenters. The van der Waals surface area contributed by atoms with E-state index in [9.17, 15) is 0 Å². The van der Waals surface area contributed by atoms with E-state index in [1.165, 1.54) is 0 Å². The van der Waals surface area contributed by atoms with Gasteiger partial charge in [0.25, 0.3) is 0 Å². The second-order valence-electron chi connectivity index (χ2n) is 3.39. The molecule has 0 bridgehead atoms. The van der Waals surface area contributed by atoms with Crippen molar-refractivity contribution in [3.05, 3.63) is 0 Å². The van der Waals surface area contributed by atoms with E-state index in [0.29, 0.717) is 17.9 Å². The van der Waals surface area contributed by atoms with Crippen molar-refractivity contribution >= 4 is 0 Å². The van der Waals surface area contributed by atoms with Gasteiger partial charge in [-0.05, 0) is 25.3 Å². The minimum atomic E-state index is 0.289. The second-order valence-corrected chi connectivity index (χ2v) is 3.39. The molecule has 0 aliphatic heterocycles. The highest BCUT2D eigenvalue weighted by atomic mass is 16.3. The van der Waals surface area contributed by atoms with Crippen LogP contribution in [0.2, 0.25) is 0 Å². The van der Waals surface area contributed by atoms with Crippen molar-refractivity contribution in [1.29, 1.82) is 0 Å². The average Bonchev–Trinajstić information content (AvgIpc) is 1.99. The fraction of sp³-hybridized carbons (Fsp3) is 1.00. The van der Waals surface area contributed by atoms with Gasteiger partial charge in [0.2, 0.25) is 0 Å². The Balaban J connectivity index is 3.98. The first-order chi connectivity index (χ1) is 5.17. The summed E-state index contributed by atoms with van der Waals surface area (Å²) in [4.78, 5) is 0. The van der Waals surface area contributed by atoms with E-state index < -0.39 is 0 Å². The number of aliphatic hydroxyl groups excluding tert-OH is 1. The van der Waals surface area contributed by atoms with Gasteiger partial charge in [0.05, 0.1) is 0 Å². The predicted octanol–water partition coefficient (Wildman–Crippen LogP) is 1.25. The topological polar surface area (TPSA) is 32.3 Å². The molecule has 0 rings (SSSR count). The van der Waals surface area contributed by atoms with Crippen molar-refractivity contribution in [1.82, 2.24) is 5.32 Å². The summed E-state index contributed by atoms with van der Waals surface area (Å²) in [5.74, 6) is 0.947. The molecule has 0 saturated carbocycles. The lowest BCUT2D eigenvalue weighted by Crippen LogP contribution is -2.37. The Morgan fingerprint density at radius 3 is 2.00 bits per heavy atom. The van der Waals surface area contributed by atoms with Crippen molar-refractivity contribution in [2.75, 3.05) is 13.7 Å². The first-order valence-electron chi connectivity index (χ1n) is 4.45. The summed E-state index contributed by atoms with van der Waals surface area (Å²) >= 11 is 0. The van der Waals surface area contributed by atoms with Crippen molar-refractivity contribution in [2.24, 2.45) is 11.8 Å². The molecule has 0 aromatic heterocycles. The molecule has 0 spiro atoms. The third-order valence-electron chi connectivity index (χ3n) is 2.39. The lowest BCUT2D eigenvalue weighted by atomic mass is 9.88. The first-order valence-corrected chi connectivity index (χ1v) is 4.45. The summed E-state index contributed by atoms with van der Waals surface area (Å²) < 4.78 is 0. The van der Waals surface area contributed by atoms with E-state index in [1.54, 1.807) is 0 Å². The van der Waals surface area contributed by atoms with Gasteiger partial charge in [-0.25, -0.2) is 0 Å². The fourth-order valence-corrected chi connectivity index (χ4v) is 1.52. The van der Waals surface area contributed by atoms with Crippen LogP contribution in [0.5, 0.6) is 0 Å². The highest BCUT2D eigenvalue weighted by Gasteiger charge is 2.20. The molecular formula is C9H21NO. The van der Waals surface area contributed by atoms with Crippen LogP contribution in [0.3, 0.4) is 0 Å². The maximum Gasteiger partial charge on any atom is 0.0476 e. The Morgan fingerprint density at radius 2 is 1.91 bits per heavy atom. The van der Waals surface area contributed by atoms with Crippen LogP contribution in [0.1, 0.15) is 27.2 Å². The first kappa shape index (κ1) is 10.9. The predicted molar refractivity (Wildman–Crippen MR) is 48.6 cm³/mol. The van der Waals surface area contributed by atoms with E-state index in [2.05, 4.69) is 26.1 Å². The van der Waals surface area contributed by atoms with Gasteiger partial charge in [-0.1, -0.05) is 20.8 Å². The van der Waals surface area contributed by atoms with Gasteiger partial charge in [-0.2, -0.15) is 0 Å². The van der Waals surface area contributed by atoms with Gasteiger partial charge in [0.15, 0.2) is 0 Å². The normalized spacial score (nSPS) is 16.9. The lowest BCUT2D eigenvalue weighted by molar-refractivity contribution is 0.152. The van der Waals surface area contributed by atoms with Crippen LogP contribution < -0.4 is 5.32 Å². The van der Waals surface area contributed by atoms with E-state index in [4.69, 9.17) is 5.11 Å². The zero-order valence-corrected chi connectivity index (χ0v) is 8.09. The van der Waals surface area contributed by atoms with E-state index in [1.807, 2.05) is 7.05 Å². The van der Waals surface area contributed by atoms with Gasteiger partial charge >= 0.3 is 0 Å². The Morgan fingerprint density at radius 1 is 1.36 bits per heavy atom. The van der Waals surface area contributed by atoms with E-state index >= 15 is 0 Å². The fourth-order valence-electron chi connectivity index (χ4n) is 1.52. The summed E-state index contributed by atoms with van der Waals surface area (Å²) in [6, 6.07) is 0.458. The SMILES string of the molecule is CCC(NC)C(CO)C(C)C. The largest absolute Gasteiger partial charge is 0.396 e. The third kappa shape index (κ3) is 3.21. The summed E-state index contributed by atoms with van der Waals surface area (Å²) in [7, 11) is 1.96. The standard InChI is InChI=1S/C9H21NO/c1-5-9(10-4)8(6-11)7(2)3/h7-11H,5-6H2,1-4H3. The van der Waals surface area contributed by atoms with Crippen LogP contribution in [0.15, 0.2) is 0 Å². The Kier molecular flexibility index (Phi) is 5.51. The molecule has 68 valence electrons. The molecular weight excluding hydrogens is 138 g/mol. The highest BCUT2D eigenvalue weighted by Crippen LogP contribution is 2.16.